The van der Waals surface area contributed by atoms with Gasteiger partial charge in [-0.15, -0.1) is 0 Å². The van der Waals surface area contributed by atoms with Crippen LogP contribution in [-0.2, 0) is 11.3 Å². The molecule has 0 aliphatic rings. The SMILES string of the molecule is COc1ccc(C(=O)OCc2nc(N)nc(Nc3ccc(C)cc3)n2)cc1. The summed E-state index contributed by atoms with van der Waals surface area (Å²) in [6, 6.07) is 14.3. The van der Waals surface area contributed by atoms with Crippen LogP contribution >= 0.6 is 0 Å². The number of methoxy groups -OCH3 is 1. The first-order chi connectivity index (χ1) is 13.0. The van der Waals surface area contributed by atoms with Crippen molar-refractivity contribution in [2.45, 2.75) is 13.5 Å². The van der Waals surface area contributed by atoms with E-state index in [4.69, 9.17) is 15.2 Å². The average molecular weight is 365 g/mol. The number of carbonyl (C=O) groups is 1. The van der Waals surface area contributed by atoms with Crippen molar-refractivity contribution in [3.63, 3.8) is 0 Å². The Morgan fingerprint density at radius 1 is 1.04 bits per heavy atom. The summed E-state index contributed by atoms with van der Waals surface area (Å²) in [6.45, 7) is 1.88. The maximum atomic E-state index is 12.1. The molecule has 0 saturated heterocycles. The topological polar surface area (TPSA) is 112 Å². The standard InChI is InChI=1S/C19H19N5O3/c1-12-3-7-14(8-4-12)21-19-23-16(22-18(20)24-19)11-27-17(25)13-5-9-15(26-2)10-6-13/h3-10H,11H2,1-2H3,(H3,20,21,22,23,24). The van der Waals surface area contributed by atoms with Crippen LogP contribution in [0.5, 0.6) is 5.75 Å². The monoisotopic (exact) mass is 365 g/mol. The zero-order chi connectivity index (χ0) is 19.2. The van der Waals surface area contributed by atoms with Gasteiger partial charge in [-0.25, -0.2) is 4.79 Å². The van der Waals surface area contributed by atoms with Gasteiger partial charge in [-0.2, -0.15) is 15.0 Å². The van der Waals surface area contributed by atoms with Crippen LogP contribution in [0, 0.1) is 6.92 Å². The summed E-state index contributed by atoms with van der Waals surface area (Å²) in [5.74, 6) is 0.726. The van der Waals surface area contributed by atoms with Crippen molar-refractivity contribution in [1.29, 1.82) is 0 Å². The highest BCUT2D eigenvalue weighted by Gasteiger charge is 2.11. The fourth-order valence-corrected chi connectivity index (χ4v) is 2.26. The first kappa shape index (κ1) is 18.1. The maximum Gasteiger partial charge on any atom is 0.338 e. The highest BCUT2D eigenvalue weighted by molar-refractivity contribution is 5.89. The van der Waals surface area contributed by atoms with Gasteiger partial charge >= 0.3 is 5.97 Å². The van der Waals surface area contributed by atoms with Crippen LogP contribution < -0.4 is 15.8 Å². The number of esters is 1. The second-order valence-electron chi connectivity index (χ2n) is 5.73. The van der Waals surface area contributed by atoms with Crippen LogP contribution in [-0.4, -0.2) is 28.0 Å². The summed E-state index contributed by atoms with van der Waals surface area (Å²) in [5, 5.41) is 3.05. The van der Waals surface area contributed by atoms with E-state index in [9.17, 15) is 4.79 Å². The van der Waals surface area contributed by atoms with E-state index in [1.54, 1.807) is 31.4 Å². The van der Waals surface area contributed by atoms with Crippen molar-refractivity contribution >= 4 is 23.6 Å². The van der Waals surface area contributed by atoms with E-state index in [2.05, 4.69) is 20.3 Å². The Bertz CT molecular complexity index is 927. The highest BCUT2D eigenvalue weighted by Crippen LogP contribution is 2.15. The van der Waals surface area contributed by atoms with E-state index in [0.29, 0.717) is 11.3 Å². The predicted molar refractivity (Wildman–Crippen MR) is 101 cm³/mol. The minimum atomic E-state index is -0.496. The van der Waals surface area contributed by atoms with Gasteiger partial charge in [0.15, 0.2) is 12.4 Å². The molecule has 3 N–H and O–H groups in total. The number of nitrogen functional groups attached to an aromatic ring is 1. The molecule has 138 valence electrons. The second-order valence-corrected chi connectivity index (χ2v) is 5.73. The third-order valence-corrected chi connectivity index (χ3v) is 3.66. The molecule has 0 atom stereocenters. The number of rotatable bonds is 6. The molecule has 0 unspecified atom stereocenters. The van der Waals surface area contributed by atoms with E-state index in [1.807, 2.05) is 31.2 Å². The van der Waals surface area contributed by atoms with Gasteiger partial charge in [-0.05, 0) is 43.3 Å². The molecule has 2 aromatic carbocycles. The molecule has 0 bridgehead atoms. The summed E-state index contributed by atoms with van der Waals surface area (Å²) >= 11 is 0. The largest absolute Gasteiger partial charge is 0.497 e. The highest BCUT2D eigenvalue weighted by atomic mass is 16.5. The lowest BCUT2D eigenvalue weighted by Crippen LogP contribution is -2.11. The number of carbonyl (C=O) groups excluding carboxylic acids is 1. The number of aryl methyl sites for hydroxylation is 1. The zero-order valence-electron chi connectivity index (χ0n) is 15.0. The first-order valence-corrected chi connectivity index (χ1v) is 8.19. The molecule has 0 spiro atoms. The minimum Gasteiger partial charge on any atom is -0.497 e. The van der Waals surface area contributed by atoms with Gasteiger partial charge in [0.25, 0.3) is 0 Å². The van der Waals surface area contributed by atoms with Crippen LogP contribution in [0.15, 0.2) is 48.5 Å². The predicted octanol–water partition coefficient (Wildman–Crippen LogP) is 2.87. The van der Waals surface area contributed by atoms with E-state index >= 15 is 0 Å². The number of benzene rings is 2. The molecule has 8 heteroatoms. The summed E-state index contributed by atoms with van der Waals surface area (Å²) in [6.07, 6.45) is 0. The lowest BCUT2D eigenvalue weighted by atomic mass is 10.2. The molecule has 1 heterocycles. The number of aromatic nitrogens is 3. The second kappa shape index (κ2) is 8.13. The van der Waals surface area contributed by atoms with Gasteiger partial charge in [-0.3, -0.25) is 0 Å². The number of nitrogens with two attached hydrogens (primary N) is 1. The summed E-state index contributed by atoms with van der Waals surface area (Å²) in [4.78, 5) is 24.4. The van der Waals surface area contributed by atoms with Crippen molar-refractivity contribution in [1.82, 2.24) is 15.0 Å². The molecule has 0 aliphatic carbocycles. The lowest BCUT2D eigenvalue weighted by molar-refractivity contribution is 0.0462. The van der Waals surface area contributed by atoms with Crippen LogP contribution in [0.1, 0.15) is 21.7 Å². The number of anilines is 3. The van der Waals surface area contributed by atoms with Crippen LogP contribution in [0.4, 0.5) is 17.6 Å². The van der Waals surface area contributed by atoms with Crippen molar-refractivity contribution < 1.29 is 14.3 Å². The van der Waals surface area contributed by atoms with E-state index in [-0.39, 0.29) is 24.3 Å². The molecule has 0 aliphatic heterocycles. The van der Waals surface area contributed by atoms with Crippen molar-refractivity contribution in [3.05, 3.63) is 65.5 Å². The van der Waals surface area contributed by atoms with Gasteiger partial charge in [0.2, 0.25) is 11.9 Å². The van der Waals surface area contributed by atoms with Gasteiger partial charge in [0.05, 0.1) is 12.7 Å². The quantitative estimate of drug-likeness (QED) is 0.641. The van der Waals surface area contributed by atoms with Gasteiger partial charge < -0.3 is 20.5 Å². The molecule has 3 aromatic rings. The van der Waals surface area contributed by atoms with Gasteiger partial charge in [0.1, 0.15) is 5.75 Å². The molecular weight excluding hydrogens is 346 g/mol. The smallest absolute Gasteiger partial charge is 0.338 e. The number of nitrogens with one attached hydrogen (secondary N) is 1. The number of ether oxygens (including phenoxy) is 2. The Labute approximate surface area is 156 Å². The molecule has 0 radical (unpaired) electrons. The summed E-state index contributed by atoms with van der Waals surface area (Å²) < 4.78 is 10.3. The van der Waals surface area contributed by atoms with E-state index in [1.165, 1.54) is 0 Å². The third kappa shape index (κ3) is 4.91. The summed E-state index contributed by atoms with van der Waals surface area (Å²) in [5.41, 5.74) is 8.08. The van der Waals surface area contributed by atoms with Crippen molar-refractivity contribution in [2.24, 2.45) is 0 Å². The van der Waals surface area contributed by atoms with Crippen LogP contribution in [0.2, 0.25) is 0 Å². The Morgan fingerprint density at radius 3 is 2.41 bits per heavy atom. The molecule has 0 saturated carbocycles. The molecule has 1 aromatic heterocycles. The molecular formula is C19H19N5O3. The van der Waals surface area contributed by atoms with Crippen LogP contribution in [0.25, 0.3) is 0 Å². The fourth-order valence-electron chi connectivity index (χ4n) is 2.26. The fraction of sp³-hybridized carbons (Fsp3) is 0.158. The lowest BCUT2D eigenvalue weighted by Gasteiger charge is -2.08. The van der Waals surface area contributed by atoms with Crippen molar-refractivity contribution in [2.75, 3.05) is 18.2 Å². The maximum absolute atomic E-state index is 12.1. The number of hydrogen-bond acceptors (Lipinski definition) is 8. The zero-order valence-corrected chi connectivity index (χ0v) is 15.0. The number of hydrogen-bond donors (Lipinski definition) is 2. The Kier molecular flexibility index (Phi) is 5.46. The average Bonchev–Trinajstić information content (AvgIpc) is 2.67. The van der Waals surface area contributed by atoms with Crippen molar-refractivity contribution in [3.8, 4) is 5.75 Å². The minimum absolute atomic E-state index is 0.0371. The molecule has 0 fully saturated rings. The summed E-state index contributed by atoms with van der Waals surface area (Å²) in [7, 11) is 1.56. The molecule has 8 nitrogen and oxygen atoms in total. The van der Waals surface area contributed by atoms with Crippen LogP contribution in [0.3, 0.4) is 0 Å². The van der Waals surface area contributed by atoms with E-state index in [0.717, 1.165) is 11.3 Å². The molecule has 0 amide bonds. The molecule has 27 heavy (non-hydrogen) atoms. The Morgan fingerprint density at radius 2 is 1.74 bits per heavy atom. The van der Waals surface area contributed by atoms with E-state index < -0.39 is 5.97 Å². The normalized spacial score (nSPS) is 10.3. The molecule has 3 rings (SSSR count). The third-order valence-electron chi connectivity index (χ3n) is 3.66. The first-order valence-electron chi connectivity index (χ1n) is 8.19. The van der Waals surface area contributed by atoms with Gasteiger partial charge in [0, 0.05) is 5.69 Å². The Hall–Kier alpha value is -3.68. The number of nitrogens with zero attached hydrogens (tertiary/aromatic N) is 3. The Balaban J connectivity index is 1.66. The van der Waals surface area contributed by atoms with Gasteiger partial charge in [-0.1, -0.05) is 17.7 Å².